The van der Waals surface area contributed by atoms with Gasteiger partial charge in [-0.2, -0.15) is 5.10 Å². The number of carbonyl (C=O) groups excluding carboxylic acids is 2. The molecule has 0 unspecified atom stereocenters. The van der Waals surface area contributed by atoms with Crippen LogP contribution >= 0.6 is 0 Å². The Bertz CT molecular complexity index is 1430. The van der Waals surface area contributed by atoms with E-state index in [-0.39, 0.29) is 11.9 Å². The summed E-state index contributed by atoms with van der Waals surface area (Å²) in [6.07, 6.45) is 0. The molecular formula is C31H35N3O4. The second kappa shape index (κ2) is 11.6. The molecule has 198 valence electrons. The van der Waals surface area contributed by atoms with Crippen molar-refractivity contribution in [3.8, 4) is 11.1 Å². The first-order valence-electron chi connectivity index (χ1n) is 12.9. The lowest BCUT2D eigenvalue weighted by Gasteiger charge is -2.20. The monoisotopic (exact) mass is 513 g/mol. The van der Waals surface area contributed by atoms with Gasteiger partial charge < -0.3 is 14.8 Å². The highest BCUT2D eigenvalue weighted by Crippen LogP contribution is 2.27. The summed E-state index contributed by atoms with van der Waals surface area (Å²) in [6.45, 7) is 11.6. The Morgan fingerprint density at radius 3 is 2.45 bits per heavy atom. The predicted octanol–water partition coefficient (Wildman–Crippen LogP) is 5.78. The Hall–Kier alpha value is -3.97. The second-order valence-corrected chi connectivity index (χ2v) is 10.2. The van der Waals surface area contributed by atoms with Crippen LogP contribution in [-0.4, -0.2) is 47.0 Å². The first-order valence-corrected chi connectivity index (χ1v) is 12.9. The molecule has 7 nitrogen and oxygen atoms in total. The lowest BCUT2D eigenvalue weighted by Crippen LogP contribution is -2.27. The van der Waals surface area contributed by atoms with Crippen LogP contribution in [0.15, 0.2) is 66.7 Å². The van der Waals surface area contributed by atoms with Crippen LogP contribution in [0.3, 0.4) is 0 Å². The summed E-state index contributed by atoms with van der Waals surface area (Å²) in [6, 6.07) is 21.3. The first-order chi connectivity index (χ1) is 18.2. The third-order valence-corrected chi connectivity index (χ3v) is 6.08. The first kappa shape index (κ1) is 27.1. The molecule has 0 aliphatic heterocycles. The summed E-state index contributed by atoms with van der Waals surface area (Å²) >= 11 is 0. The molecule has 3 aromatic carbocycles. The zero-order valence-corrected chi connectivity index (χ0v) is 22.7. The molecule has 1 N–H and O–H groups in total. The van der Waals surface area contributed by atoms with Crippen LogP contribution in [0.1, 0.15) is 59.7 Å². The van der Waals surface area contributed by atoms with Crippen molar-refractivity contribution in [1.82, 2.24) is 15.1 Å². The topological polar surface area (TPSA) is 82.5 Å². The van der Waals surface area contributed by atoms with Crippen molar-refractivity contribution >= 4 is 22.8 Å². The van der Waals surface area contributed by atoms with Crippen molar-refractivity contribution in [3.63, 3.8) is 0 Å². The third kappa shape index (κ3) is 6.47. The summed E-state index contributed by atoms with van der Waals surface area (Å²) < 4.78 is 12.8. The third-order valence-electron chi connectivity index (χ3n) is 6.08. The number of amides is 1. The summed E-state index contributed by atoms with van der Waals surface area (Å²) in [5.74, 6) is -0.459. The van der Waals surface area contributed by atoms with E-state index in [4.69, 9.17) is 14.6 Å². The molecule has 0 fully saturated rings. The molecule has 4 rings (SSSR count). The number of rotatable bonds is 9. The Labute approximate surface area is 223 Å². The largest absolute Gasteiger partial charge is 0.456 e. The van der Waals surface area contributed by atoms with E-state index in [1.165, 1.54) is 0 Å². The quantitative estimate of drug-likeness (QED) is 0.227. The van der Waals surface area contributed by atoms with Gasteiger partial charge in [0.25, 0.3) is 5.91 Å². The molecule has 1 amide bonds. The van der Waals surface area contributed by atoms with Gasteiger partial charge >= 0.3 is 5.97 Å². The van der Waals surface area contributed by atoms with Crippen molar-refractivity contribution < 1.29 is 19.1 Å². The van der Waals surface area contributed by atoms with Crippen LogP contribution in [0.4, 0.5) is 0 Å². The van der Waals surface area contributed by atoms with Crippen LogP contribution in [0, 0.1) is 6.92 Å². The fourth-order valence-corrected chi connectivity index (χ4v) is 4.29. The fourth-order valence-electron chi connectivity index (χ4n) is 4.29. The average Bonchev–Trinajstić information content (AvgIpc) is 3.20. The maximum Gasteiger partial charge on any atom is 0.339 e. The van der Waals surface area contributed by atoms with Gasteiger partial charge in [0, 0.05) is 24.1 Å². The van der Waals surface area contributed by atoms with E-state index in [9.17, 15) is 9.59 Å². The zero-order chi connectivity index (χ0) is 27.3. The Kier molecular flexibility index (Phi) is 8.27. The Morgan fingerprint density at radius 2 is 1.74 bits per heavy atom. The molecule has 7 heteroatoms. The minimum Gasteiger partial charge on any atom is -0.456 e. The molecule has 0 aliphatic rings. The van der Waals surface area contributed by atoms with Crippen molar-refractivity contribution in [2.24, 2.45) is 0 Å². The molecule has 0 saturated carbocycles. The van der Waals surface area contributed by atoms with Crippen LogP contribution in [-0.2, 0) is 16.0 Å². The normalized spacial score (nSPS) is 11.5. The number of carbonyl (C=O) groups is 2. The van der Waals surface area contributed by atoms with Crippen molar-refractivity contribution in [1.29, 1.82) is 0 Å². The Morgan fingerprint density at radius 1 is 1.00 bits per heavy atom. The summed E-state index contributed by atoms with van der Waals surface area (Å²) in [5, 5.41) is 8.56. The molecule has 1 heterocycles. The number of benzene rings is 3. The van der Waals surface area contributed by atoms with Crippen molar-refractivity contribution in [2.45, 2.75) is 46.8 Å². The summed E-state index contributed by atoms with van der Waals surface area (Å²) in [5.41, 5.74) is 5.27. The lowest BCUT2D eigenvalue weighted by molar-refractivity contribution is 0.00703. The molecule has 0 bridgehead atoms. The van der Waals surface area contributed by atoms with E-state index >= 15 is 0 Å². The van der Waals surface area contributed by atoms with E-state index in [1.807, 2.05) is 100.0 Å². The molecular weight excluding hydrogens is 478 g/mol. The highest BCUT2D eigenvalue weighted by atomic mass is 16.6. The highest BCUT2D eigenvalue weighted by Gasteiger charge is 2.20. The molecule has 4 aromatic rings. The van der Waals surface area contributed by atoms with E-state index in [0.29, 0.717) is 37.4 Å². The summed E-state index contributed by atoms with van der Waals surface area (Å²) in [7, 11) is 0. The van der Waals surface area contributed by atoms with Gasteiger partial charge in [-0.25, -0.2) is 4.79 Å². The number of nitrogens with zero attached hydrogens (tertiary/aromatic N) is 2. The van der Waals surface area contributed by atoms with Gasteiger partial charge in [0.05, 0.1) is 29.9 Å². The van der Waals surface area contributed by atoms with Gasteiger partial charge in [-0.1, -0.05) is 42.5 Å². The van der Waals surface area contributed by atoms with Crippen molar-refractivity contribution in [3.05, 3.63) is 89.1 Å². The molecule has 0 radical (unpaired) electrons. The minimum atomic E-state index is -0.563. The Balaban J connectivity index is 1.51. The number of hydrogen-bond donors (Lipinski definition) is 1. The molecule has 0 atom stereocenters. The van der Waals surface area contributed by atoms with Crippen LogP contribution in [0.2, 0.25) is 0 Å². The van der Waals surface area contributed by atoms with Gasteiger partial charge in [0.15, 0.2) is 0 Å². The van der Waals surface area contributed by atoms with E-state index < -0.39 is 5.60 Å². The van der Waals surface area contributed by atoms with Crippen LogP contribution in [0.25, 0.3) is 22.0 Å². The second-order valence-electron chi connectivity index (χ2n) is 10.2. The molecule has 38 heavy (non-hydrogen) atoms. The van der Waals surface area contributed by atoms with E-state index in [0.717, 1.165) is 33.3 Å². The zero-order valence-electron chi connectivity index (χ0n) is 22.7. The predicted molar refractivity (Wildman–Crippen MR) is 149 cm³/mol. The molecule has 0 saturated heterocycles. The molecule has 0 spiro atoms. The number of aryl methyl sites for hydroxylation is 1. The number of fused-ring (bicyclic) bond motifs is 1. The number of esters is 1. The minimum absolute atomic E-state index is 0.124. The SMILES string of the molecule is CCOCCNC(=O)c1ccc2c(c1)c(C)nn2Cc1ccc(-c2ccccc2C(=O)OC(C)(C)C)cc1. The van der Waals surface area contributed by atoms with Gasteiger partial charge in [-0.05, 0) is 75.6 Å². The number of hydrogen-bond acceptors (Lipinski definition) is 5. The summed E-state index contributed by atoms with van der Waals surface area (Å²) in [4.78, 5) is 25.3. The lowest BCUT2D eigenvalue weighted by atomic mass is 9.98. The fraction of sp³-hybridized carbons (Fsp3) is 0.323. The van der Waals surface area contributed by atoms with E-state index in [1.54, 1.807) is 6.07 Å². The maximum absolute atomic E-state index is 12.8. The van der Waals surface area contributed by atoms with Gasteiger partial charge in [0.1, 0.15) is 5.60 Å². The van der Waals surface area contributed by atoms with Gasteiger partial charge in [-0.3, -0.25) is 9.48 Å². The van der Waals surface area contributed by atoms with Gasteiger partial charge in [-0.15, -0.1) is 0 Å². The number of aromatic nitrogens is 2. The van der Waals surface area contributed by atoms with Crippen molar-refractivity contribution in [2.75, 3.05) is 19.8 Å². The maximum atomic E-state index is 12.8. The molecule has 0 aliphatic carbocycles. The van der Waals surface area contributed by atoms with Crippen LogP contribution < -0.4 is 5.32 Å². The van der Waals surface area contributed by atoms with E-state index in [2.05, 4.69) is 5.32 Å². The highest BCUT2D eigenvalue weighted by molar-refractivity contribution is 5.99. The smallest absolute Gasteiger partial charge is 0.339 e. The number of nitrogens with one attached hydrogen (secondary N) is 1. The van der Waals surface area contributed by atoms with Crippen LogP contribution in [0.5, 0.6) is 0 Å². The molecule has 1 aromatic heterocycles. The van der Waals surface area contributed by atoms with Gasteiger partial charge in [0.2, 0.25) is 0 Å². The standard InChI is InChI=1S/C31H35N3O4/c1-6-37-18-17-32-29(35)24-15-16-28-27(19-24)21(2)33-34(28)20-22-11-13-23(14-12-22)25-9-7-8-10-26(25)30(36)38-31(3,4)5/h7-16,19H,6,17-18,20H2,1-5H3,(H,32,35). The number of ether oxygens (including phenoxy) is 2. The average molecular weight is 514 g/mol.